The minimum absolute atomic E-state index is 0.625. The number of aromatic nitrogens is 2. The minimum atomic E-state index is 0.625. The monoisotopic (exact) mass is 213 g/mol. The summed E-state index contributed by atoms with van der Waals surface area (Å²) in [5.41, 5.74) is 0. The highest BCUT2D eigenvalue weighted by atomic mass is 35.5. The van der Waals surface area contributed by atoms with Crippen molar-refractivity contribution in [3.8, 4) is 0 Å². The molecule has 1 rings (SSSR count). The van der Waals surface area contributed by atoms with Crippen LogP contribution >= 0.6 is 11.6 Å². The number of hydrogen-bond donors (Lipinski definition) is 0. The normalized spacial score (nSPS) is 10.1. The molecule has 0 aliphatic rings. The van der Waals surface area contributed by atoms with Crippen LogP contribution in [0.2, 0.25) is 0 Å². The zero-order valence-corrected chi connectivity index (χ0v) is 9.24. The second-order valence-electron chi connectivity index (χ2n) is 3.09. The van der Waals surface area contributed by atoms with Crippen molar-refractivity contribution in [2.45, 2.75) is 19.8 Å². The fourth-order valence-corrected chi connectivity index (χ4v) is 1.45. The molecule has 14 heavy (non-hydrogen) atoms. The summed E-state index contributed by atoms with van der Waals surface area (Å²) in [5, 5.41) is 0. The Morgan fingerprint density at radius 3 is 2.79 bits per heavy atom. The fraction of sp³-hybridized carbons (Fsp3) is 0.600. The first-order valence-corrected chi connectivity index (χ1v) is 5.49. The number of nitrogens with zero attached hydrogens (tertiary/aromatic N) is 3. The molecule has 1 aromatic rings. The number of hydrogen-bond acceptors (Lipinski definition) is 3. The summed E-state index contributed by atoms with van der Waals surface area (Å²) in [7, 11) is 0. The molecule has 0 N–H and O–H groups in total. The van der Waals surface area contributed by atoms with E-state index in [1.807, 2.05) is 0 Å². The van der Waals surface area contributed by atoms with Crippen molar-refractivity contribution in [2.75, 3.05) is 23.9 Å². The Morgan fingerprint density at radius 2 is 2.21 bits per heavy atom. The Morgan fingerprint density at radius 1 is 1.36 bits per heavy atom. The predicted molar refractivity (Wildman–Crippen MR) is 59.9 cm³/mol. The van der Waals surface area contributed by atoms with Crippen LogP contribution < -0.4 is 4.90 Å². The van der Waals surface area contributed by atoms with E-state index in [1.54, 1.807) is 18.6 Å². The van der Waals surface area contributed by atoms with Gasteiger partial charge in [0.05, 0.1) is 6.20 Å². The summed E-state index contributed by atoms with van der Waals surface area (Å²) < 4.78 is 0. The van der Waals surface area contributed by atoms with E-state index in [1.165, 1.54) is 6.42 Å². The molecular formula is C10H16ClN3. The van der Waals surface area contributed by atoms with Crippen LogP contribution in [0.1, 0.15) is 19.8 Å². The van der Waals surface area contributed by atoms with E-state index >= 15 is 0 Å². The highest BCUT2D eigenvalue weighted by molar-refractivity contribution is 6.18. The van der Waals surface area contributed by atoms with Gasteiger partial charge in [-0.25, -0.2) is 4.98 Å². The molecule has 0 aliphatic heterocycles. The first-order chi connectivity index (χ1) is 6.88. The number of halogens is 1. The smallest absolute Gasteiger partial charge is 0.147 e. The van der Waals surface area contributed by atoms with E-state index in [-0.39, 0.29) is 0 Å². The predicted octanol–water partition coefficient (Wildman–Crippen LogP) is 2.32. The van der Waals surface area contributed by atoms with E-state index in [2.05, 4.69) is 21.8 Å². The van der Waals surface area contributed by atoms with Crippen LogP contribution in [0.3, 0.4) is 0 Å². The third-order valence-electron chi connectivity index (χ3n) is 2.01. The van der Waals surface area contributed by atoms with Gasteiger partial charge in [-0.15, -0.1) is 11.6 Å². The zero-order valence-electron chi connectivity index (χ0n) is 8.49. The second kappa shape index (κ2) is 6.60. The summed E-state index contributed by atoms with van der Waals surface area (Å²) in [6.07, 6.45) is 7.51. The first kappa shape index (κ1) is 11.2. The van der Waals surface area contributed by atoms with Gasteiger partial charge in [0.1, 0.15) is 5.82 Å². The van der Waals surface area contributed by atoms with Gasteiger partial charge >= 0.3 is 0 Å². The number of anilines is 1. The molecule has 0 amide bonds. The highest BCUT2D eigenvalue weighted by Gasteiger charge is 2.05. The number of alkyl halides is 1. The van der Waals surface area contributed by atoms with E-state index in [0.29, 0.717) is 5.88 Å². The Kier molecular flexibility index (Phi) is 5.30. The summed E-state index contributed by atoms with van der Waals surface area (Å²) in [5.74, 6) is 1.54. The van der Waals surface area contributed by atoms with Crippen molar-refractivity contribution in [3.63, 3.8) is 0 Å². The molecule has 0 atom stereocenters. The van der Waals surface area contributed by atoms with Gasteiger partial charge in [0.2, 0.25) is 0 Å². The van der Waals surface area contributed by atoms with Crippen LogP contribution in [0.25, 0.3) is 0 Å². The minimum Gasteiger partial charge on any atom is -0.354 e. The quantitative estimate of drug-likeness (QED) is 0.680. The SMILES string of the molecule is CCCCN(CCCl)c1cnccn1. The number of rotatable bonds is 6. The maximum Gasteiger partial charge on any atom is 0.147 e. The van der Waals surface area contributed by atoms with Crippen molar-refractivity contribution in [2.24, 2.45) is 0 Å². The summed E-state index contributed by atoms with van der Waals surface area (Å²) in [6.45, 7) is 4.01. The van der Waals surface area contributed by atoms with Crippen LogP contribution in [0.4, 0.5) is 5.82 Å². The summed E-state index contributed by atoms with van der Waals surface area (Å²) in [6, 6.07) is 0. The molecule has 0 radical (unpaired) electrons. The second-order valence-corrected chi connectivity index (χ2v) is 3.47. The third kappa shape index (κ3) is 3.50. The van der Waals surface area contributed by atoms with E-state index in [9.17, 15) is 0 Å². The van der Waals surface area contributed by atoms with Gasteiger partial charge in [-0.3, -0.25) is 4.98 Å². The topological polar surface area (TPSA) is 29.0 Å². The first-order valence-electron chi connectivity index (χ1n) is 4.95. The van der Waals surface area contributed by atoms with Gasteiger partial charge in [0.15, 0.2) is 0 Å². The van der Waals surface area contributed by atoms with Gasteiger partial charge in [-0.2, -0.15) is 0 Å². The molecular weight excluding hydrogens is 198 g/mol. The van der Waals surface area contributed by atoms with E-state index < -0.39 is 0 Å². The number of unbranched alkanes of at least 4 members (excludes halogenated alkanes) is 1. The lowest BCUT2D eigenvalue weighted by Crippen LogP contribution is -2.27. The summed E-state index contributed by atoms with van der Waals surface area (Å²) >= 11 is 5.74. The Bertz CT molecular complexity index is 240. The molecule has 78 valence electrons. The zero-order chi connectivity index (χ0) is 10.2. The molecule has 3 nitrogen and oxygen atoms in total. The van der Waals surface area contributed by atoms with Crippen LogP contribution in [0, 0.1) is 0 Å². The van der Waals surface area contributed by atoms with Crippen molar-refractivity contribution >= 4 is 17.4 Å². The molecule has 0 aliphatic carbocycles. The third-order valence-corrected chi connectivity index (χ3v) is 2.18. The maximum atomic E-state index is 5.74. The van der Waals surface area contributed by atoms with Gasteiger partial charge in [-0.1, -0.05) is 13.3 Å². The van der Waals surface area contributed by atoms with Crippen LogP contribution in [-0.4, -0.2) is 28.9 Å². The lowest BCUT2D eigenvalue weighted by atomic mass is 10.3. The maximum absolute atomic E-state index is 5.74. The Labute approximate surface area is 90.1 Å². The highest BCUT2D eigenvalue weighted by Crippen LogP contribution is 2.08. The van der Waals surface area contributed by atoms with Crippen molar-refractivity contribution in [3.05, 3.63) is 18.6 Å². The van der Waals surface area contributed by atoms with Gasteiger partial charge in [0, 0.05) is 31.4 Å². The van der Waals surface area contributed by atoms with E-state index in [0.717, 1.165) is 25.3 Å². The van der Waals surface area contributed by atoms with E-state index in [4.69, 9.17) is 11.6 Å². The standard InChI is InChI=1S/C10H16ClN3/c1-2-3-7-14(8-4-11)10-9-12-5-6-13-10/h5-6,9H,2-4,7-8H2,1H3. The molecule has 0 fully saturated rings. The molecule has 1 heterocycles. The Hall–Kier alpha value is -0.830. The van der Waals surface area contributed by atoms with Gasteiger partial charge in [-0.05, 0) is 6.42 Å². The molecule has 1 aromatic heterocycles. The largest absolute Gasteiger partial charge is 0.354 e. The lowest BCUT2D eigenvalue weighted by molar-refractivity contribution is 0.724. The molecule has 0 bridgehead atoms. The average Bonchev–Trinajstić information content (AvgIpc) is 2.25. The lowest BCUT2D eigenvalue weighted by Gasteiger charge is -2.21. The van der Waals surface area contributed by atoms with Crippen molar-refractivity contribution < 1.29 is 0 Å². The molecule has 4 heteroatoms. The van der Waals surface area contributed by atoms with Crippen LogP contribution in [-0.2, 0) is 0 Å². The van der Waals surface area contributed by atoms with Crippen molar-refractivity contribution in [1.82, 2.24) is 9.97 Å². The fourth-order valence-electron chi connectivity index (χ4n) is 1.25. The van der Waals surface area contributed by atoms with Crippen molar-refractivity contribution in [1.29, 1.82) is 0 Å². The average molecular weight is 214 g/mol. The molecule has 0 aromatic carbocycles. The molecule has 0 spiro atoms. The molecule has 0 saturated carbocycles. The van der Waals surface area contributed by atoms with Crippen LogP contribution in [0.15, 0.2) is 18.6 Å². The molecule has 0 saturated heterocycles. The summed E-state index contributed by atoms with van der Waals surface area (Å²) in [4.78, 5) is 10.5. The molecule has 0 unspecified atom stereocenters. The van der Waals surface area contributed by atoms with Gasteiger partial charge < -0.3 is 4.90 Å². The van der Waals surface area contributed by atoms with Gasteiger partial charge in [0.25, 0.3) is 0 Å². The van der Waals surface area contributed by atoms with Crippen LogP contribution in [0.5, 0.6) is 0 Å². The Balaban J connectivity index is 2.58.